The minimum absolute atomic E-state index is 0.0830. The molecule has 0 spiro atoms. The van der Waals surface area contributed by atoms with Gasteiger partial charge in [0.2, 0.25) is 0 Å². The molecule has 2 aromatic carbocycles. The molecule has 0 aliphatic rings. The van der Waals surface area contributed by atoms with Gasteiger partial charge in [0.15, 0.2) is 6.21 Å². The van der Waals surface area contributed by atoms with Crippen LogP contribution in [0.4, 0.5) is 0 Å². The summed E-state index contributed by atoms with van der Waals surface area (Å²) in [5.41, 5.74) is 22.6. The predicted molar refractivity (Wildman–Crippen MR) is 102 cm³/mol. The molecule has 0 fully saturated rings. The largest absolute Gasteiger partial charge is 0.364 e. The summed E-state index contributed by atoms with van der Waals surface area (Å²) >= 11 is 0. The van der Waals surface area contributed by atoms with Crippen molar-refractivity contribution in [2.75, 3.05) is 0 Å². The number of rotatable bonds is 6. The van der Waals surface area contributed by atoms with Crippen molar-refractivity contribution in [2.45, 2.75) is 0 Å². The van der Waals surface area contributed by atoms with Crippen LogP contribution >= 0.6 is 0 Å². The lowest BCUT2D eigenvalue weighted by Crippen LogP contribution is -2.82. The third-order valence-electron chi connectivity index (χ3n) is 3.25. The smallest absolute Gasteiger partial charge is 0.270 e. The molecule has 0 unspecified atom stereocenters. The van der Waals surface area contributed by atoms with Crippen LogP contribution in [-0.4, -0.2) is 30.1 Å². The number of amidine groups is 2. The van der Waals surface area contributed by atoms with Crippen molar-refractivity contribution in [3.63, 3.8) is 0 Å². The van der Waals surface area contributed by atoms with Crippen LogP contribution in [0.25, 0.3) is 0 Å². The second-order valence-corrected chi connectivity index (χ2v) is 5.31. The van der Waals surface area contributed by atoms with E-state index >= 15 is 0 Å². The first-order valence-electron chi connectivity index (χ1n) is 7.63. The van der Waals surface area contributed by atoms with Crippen LogP contribution in [0.5, 0.6) is 0 Å². The van der Waals surface area contributed by atoms with Gasteiger partial charge in [0, 0.05) is 5.56 Å². The number of nitrogens with one attached hydrogen (secondary N) is 2. The van der Waals surface area contributed by atoms with Crippen molar-refractivity contribution >= 4 is 30.1 Å². The van der Waals surface area contributed by atoms with Gasteiger partial charge >= 0.3 is 0 Å². The number of hydrazone groups is 1. The molecule has 0 heterocycles. The minimum atomic E-state index is 0.0830. The number of guanidine groups is 1. The van der Waals surface area contributed by atoms with Crippen molar-refractivity contribution in [1.82, 2.24) is 5.43 Å². The summed E-state index contributed by atoms with van der Waals surface area (Å²) in [4.78, 5) is 0. The highest BCUT2D eigenvalue weighted by molar-refractivity contribution is 5.95. The van der Waals surface area contributed by atoms with Gasteiger partial charge in [-0.1, -0.05) is 18.2 Å². The quantitative estimate of drug-likeness (QED) is 0.156. The second kappa shape index (κ2) is 8.73. The minimum Gasteiger partial charge on any atom is -0.364 e. The Morgan fingerprint density at radius 2 is 1.50 bits per heavy atom. The molecular weight excluding hydrogens is 330 g/mol. The van der Waals surface area contributed by atoms with Gasteiger partial charge in [-0.05, 0) is 35.9 Å². The SMILES string of the molecule is NC(=[NH2+])c1cccc(C=NN=C(N)N[NH+]=Cc2cccc(C(N)=[NH2+])c2)c1. The molecule has 2 rings (SSSR count). The van der Waals surface area contributed by atoms with Crippen LogP contribution in [-0.2, 0) is 0 Å². The van der Waals surface area contributed by atoms with Crippen molar-refractivity contribution < 1.29 is 15.9 Å². The Hall–Kier alpha value is -4.01. The topological polar surface area (TPSA) is 180 Å². The van der Waals surface area contributed by atoms with Crippen molar-refractivity contribution in [1.29, 1.82) is 0 Å². The summed E-state index contributed by atoms with van der Waals surface area (Å²) in [5, 5.41) is 21.7. The van der Waals surface area contributed by atoms with Gasteiger partial charge in [-0.3, -0.25) is 22.3 Å². The Balaban J connectivity index is 1.96. The summed E-state index contributed by atoms with van der Waals surface area (Å²) in [6.07, 6.45) is 3.22. The number of nitrogens with zero attached hydrogens (tertiary/aromatic N) is 2. The van der Waals surface area contributed by atoms with E-state index in [-0.39, 0.29) is 17.6 Å². The number of hydrazine groups is 1. The monoisotopic (exact) mass is 352 g/mol. The van der Waals surface area contributed by atoms with E-state index in [4.69, 9.17) is 28.0 Å². The molecule has 12 N–H and O–H groups in total. The fourth-order valence-electron chi connectivity index (χ4n) is 1.98. The zero-order chi connectivity index (χ0) is 18.9. The molecule has 26 heavy (non-hydrogen) atoms. The van der Waals surface area contributed by atoms with Crippen LogP contribution in [0.1, 0.15) is 22.3 Å². The second-order valence-electron chi connectivity index (χ2n) is 5.31. The van der Waals surface area contributed by atoms with E-state index in [2.05, 4.69) is 20.7 Å². The molecule has 0 saturated carbocycles. The summed E-state index contributed by atoms with van der Waals surface area (Å²) < 4.78 is 0. The average molecular weight is 352 g/mol. The third kappa shape index (κ3) is 5.57. The first-order chi connectivity index (χ1) is 12.5. The van der Waals surface area contributed by atoms with E-state index in [1.165, 1.54) is 6.21 Å². The molecule has 0 radical (unpaired) electrons. The number of hydrogen-bond acceptors (Lipinski definition) is 2. The maximum absolute atomic E-state index is 5.71. The van der Waals surface area contributed by atoms with Gasteiger partial charge < -0.3 is 5.73 Å². The van der Waals surface area contributed by atoms with Crippen molar-refractivity contribution in [2.24, 2.45) is 27.4 Å². The Bertz CT molecular complexity index is 897. The summed E-state index contributed by atoms with van der Waals surface area (Å²) in [6, 6.07) is 14.6. The molecular formula is C17H22N9+3. The van der Waals surface area contributed by atoms with E-state index < -0.39 is 0 Å². The van der Waals surface area contributed by atoms with Crippen molar-refractivity contribution in [3.05, 3.63) is 70.8 Å². The lowest BCUT2D eigenvalue weighted by atomic mass is 10.1. The lowest BCUT2D eigenvalue weighted by molar-refractivity contribution is -0.500. The van der Waals surface area contributed by atoms with Gasteiger partial charge in [0.05, 0.1) is 17.3 Å². The molecule has 0 aromatic heterocycles. The number of hydrogen-bond donors (Lipinski definition) is 7. The normalized spacial score (nSPS) is 11.8. The molecule has 0 amide bonds. The van der Waals surface area contributed by atoms with Crippen LogP contribution in [0.3, 0.4) is 0 Å². The van der Waals surface area contributed by atoms with E-state index in [1.54, 1.807) is 18.3 Å². The van der Waals surface area contributed by atoms with E-state index in [0.29, 0.717) is 0 Å². The molecule has 0 aliphatic carbocycles. The van der Waals surface area contributed by atoms with E-state index in [0.717, 1.165) is 22.3 Å². The molecule has 2 aromatic rings. The zero-order valence-corrected chi connectivity index (χ0v) is 14.1. The Labute approximate surface area is 150 Å². The fraction of sp³-hybridized carbons (Fsp3) is 0. The zero-order valence-electron chi connectivity index (χ0n) is 14.1. The lowest BCUT2D eigenvalue weighted by Gasteiger charge is -1.95. The van der Waals surface area contributed by atoms with Gasteiger partial charge in [-0.25, -0.2) is 0 Å². The molecule has 9 heteroatoms. The van der Waals surface area contributed by atoms with Crippen LogP contribution in [0.15, 0.2) is 58.7 Å². The molecule has 0 aliphatic heterocycles. The van der Waals surface area contributed by atoms with E-state index in [9.17, 15) is 0 Å². The van der Waals surface area contributed by atoms with Gasteiger partial charge in [0.1, 0.15) is 0 Å². The Morgan fingerprint density at radius 1 is 0.923 bits per heavy atom. The standard InChI is InChI=1S/C17H19N9/c18-15(19)13-5-1-3-11(7-13)9-23-25-17(22)26-24-10-12-4-2-6-14(8-12)16(20)21/h1-10H,(H3,18,19)(H3,20,21)(H3,22,25,26)/p+3. The number of nitrogens with two attached hydrogens (primary N) is 5. The Morgan fingerprint density at radius 3 is 2.12 bits per heavy atom. The summed E-state index contributed by atoms with van der Waals surface area (Å²) in [6.45, 7) is 0. The number of benzene rings is 2. The summed E-state index contributed by atoms with van der Waals surface area (Å²) in [7, 11) is 0. The van der Waals surface area contributed by atoms with Crippen LogP contribution in [0.2, 0.25) is 0 Å². The van der Waals surface area contributed by atoms with Gasteiger partial charge in [-0.15, -0.1) is 15.6 Å². The molecule has 9 nitrogen and oxygen atoms in total. The molecule has 0 atom stereocenters. The predicted octanol–water partition coefficient (Wildman–Crippen LogP) is -5.03. The van der Waals surface area contributed by atoms with Crippen molar-refractivity contribution in [3.8, 4) is 0 Å². The fourth-order valence-corrected chi connectivity index (χ4v) is 1.98. The van der Waals surface area contributed by atoms with Crippen LogP contribution in [0, 0.1) is 0 Å². The van der Waals surface area contributed by atoms with Crippen LogP contribution < -0.4 is 38.5 Å². The Kier molecular flexibility index (Phi) is 6.16. The van der Waals surface area contributed by atoms with Gasteiger partial charge in [0.25, 0.3) is 17.6 Å². The van der Waals surface area contributed by atoms with E-state index in [1.807, 2.05) is 36.4 Å². The third-order valence-corrected chi connectivity index (χ3v) is 3.25. The first-order valence-corrected chi connectivity index (χ1v) is 7.63. The first kappa shape index (κ1) is 18.3. The molecule has 0 saturated heterocycles. The highest BCUT2D eigenvalue weighted by Crippen LogP contribution is 2.01. The highest BCUT2D eigenvalue weighted by atomic mass is 15.4. The maximum atomic E-state index is 5.71. The highest BCUT2D eigenvalue weighted by Gasteiger charge is 2.03. The average Bonchev–Trinajstić information content (AvgIpc) is 2.62. The maximum Gasteiger partial charge on any atom is 0.270 e. The molecule has 0 bridgehead atoms. The summed E-state index contributed by atoms with van der Waals surface area (Å²) in [5.74, 6) is 0.573. The van der Waals surface area contributed by atoms with Gasteiger partial charge in [-0.2, -0.15) is 5.10 Å². The molecule has 132 valence electrons.